The lowest BCUT2D eigenvalue weighted by Crippen LogP contribution is -2.04. The van der Waals surface area contributed by atoms with E-state index in [1.807, 2.05) is 0 Å². The predicted octanol–water partition coefficient (Wildman–Crippen LogP) is 1.87. The average molecular weight is 237 g/mol. The SMILES string of the molecule is Cn1cc(-c2ccc(F)cc2F)c(CCN)n1. The molecule has 0 radical (unpaired) electrons. The van der Waals surface area contributed by atoms with Gasteiger partial charge in [-0.1, -0.05) is 0 Å². The average Bonchev–Trinajstić information content (AvgIpc) is 2.60. The molecule has 5 heteroatoms. The van der Waals surface area contributed by atoms with E-state index in [1.54, 1.807) is 17.9 Å². The van der Waals surface area contributed by atoms with Crippen LogP contribution in [0.3, 0.4) is 0 Å². The molecule has 0 unspecified atom stereocenters. The van der Waals surface area contributed by atoms with Crippen LogP contribution in [0.1, 0.15) is 5.69 Å². The van der Waals surface area contributed by atoms with Crippen LogP contribution in [0.2, 0.25) is 0 Å². The first-order valence-corrected chi connectivity index (χ1v) is 5.30. The molecule has 1 aromatic heterocycles. The van der Waals surface area contributed by atoms with Crippen molar-refractivity contribution in [3.8, 4) is 11.1 Å². The molecule has 3 nitrogen and oxygen atoms in total. The third-order valence-corrected chi connectivity index (χ3v) is 2.51. The van der Waals surface area contributed by atoms with Gasteiger partial charge in [-0.2, -0.15) is 5.10 Å². The molecule has 0 aliphatic rings. The summed E-state index contributed by atoms with van der Waals surface area (Å²) >= 11 is 0. The summed E-state index contributed by atoms with van der Waals surface area (Å²) in [5.41, 5.74) is 7.21. The predicted molar refractivity (Wildman–Crippen MR) is 61.3 cm³/mol. The van der Waals surface area contributed by atoms with E-state index >= 15 is 0 Å². The van der Waals surface area contributed by atoms with Gasteiger partial charge < -0.3 is 5.73 Å². The molecule has 0 saturated heterocycles. The van der Waals surface area contributed by atoms with Crippen molar-refractivity contribution in [3.05, 3.63) is 41.7 Å². The Morgan fingerprint density at radius 2 is 2.06 bits per heavy atom. The number of benzene rings is 1. The minimum Gasteiger partial charge on any atom is -0.330 e. The summed E-state index contributed by atoms with van der Waals surface area (Å²) in [6.07, 6.45) is 2.27. The summed E-state index contributed by atoms with van der Waals surface area (Å²) in [5.74, 6) is -1.17. The number of hydrogen-bond acceptors (Lipinski definition) is 2. The van der Waals surface area contributed by atoms with E-state index in [-0.39, 0.29) is 0 Å². The summed E-state index contributed by atoms with van der Waals surface area (Å²) in [6, 6.07) is 3.52. The van der Waals surface area contributed by atoms with E-state index < -0.39 is 11.6 Å². The number of aryl methyl sites for hydroxylation is 1. The highest BCUT2D eigenvalue weighted by atomic mass is 19.1. The molecule has 2 N–H and O–H groups in total. The minimum absolute atomic E-state index is 0.350. The molecule has 0 atom stereocenters. The fourth-order valence-electron chi connectivity index (χ4n) is 1.79. The van der Waals surface area contributed by atoms with Gasteiger partial charge in [0.2, 0.25) is 0 Å². The normalized spacial score (nSPS) is 10.8. The molecule has 0 fully saturated rings. The second-order valence-electron chi connectivity index (χ2n) is 3.83. The maximum Gasteiger partial charge on any atom is 0.134 e. The molecule has 1 heterocycles. The number of nitrogens with zero attached hydrogens (tertiary/aromatic N) is 2. The second kappa shape index (κ2) is 4.63. The zero-order valence-electron chi connectivity index (χ0n) is 9.45. The Kier molecular flexibility index (Phi) is 3.19. The van der Waals surface area contributed by atoms with Gasteiger partial charge in [0.1, 0.15) is 11.6 Å². The molecule has 0 amide bonds. The zero-order chi connectivity index (χ0) is 12.4. The molecule has 0 saturated carbocycles. The Bertz CT molecular complexity index is 535. The largest absolute Gasteiger partial charge is 0.330 e. The molecular formula is C12H13F2N3. The van der Waals surface area contributed by atoms with Gasteiger partial charge in [0.05, 0.1) is 5.69 Å². The highest BCUT2D eigenvalue weighted by Gasteiger charge is 2.13. The zero-order valence-corrected chi connectivity index (χ0v) is 9.45. The van der Waals surface area contributed by atoms with Crippen molar-refractivity contribution in [1.29, 1.82) is 0 Å². The van der Waals surface area contributed by atoms with Crippen molar-refractivity contribution < 1.29 is 8.78 Å². The Balaban J connectivity index is 2.51. The fourth-order valence-corrected chi connectivity index (χ4v) is 1.79. The van der Waals surface area contributed by atoms with Crippen LogP contribution in [0.25, 0.3) is 11.1 Å². The molecule has 0 bridgehead atoms. The Morgan fingerprint density at radius 3 is 2.71 bits per heavy atom. The van der Waals surface area contributed by atoms with E-state index in [2.05, 4.69) is 5.10 Å². The maximum absolute atomic E-state index is 13.7. The Labute approximate surface area is 97.9 Å². The number of hydrogen-bond donors (Lipinski definition) is 1. The van der Waals surface area contributed by atoms with Crippen molar-refractivity contribution in [2.24, 2.45) is 12.8 Å². The molecule has 90 valence electrons. The lowest BCUT2D eigenvalue weighted by Gasteiger charge is -2.03. The highest BCUT2D eigenvalue weighted by molar-refractivity contribution is 5.66. The van der Waals surface area contributed by atoms with E-state index in [0.29, 0.717) is 24.1 Å². The van der Waals surface area contributed by atoms with Crippen LogP contribution in [-0.2, 0) is 13.5 Å². The minimum atomic E-state index is -0.587. The van der Waals surface area contributed by atoms with Gasteiger partial charge in [0, 0.05) is 36.9 Å². The number of rotatable bonds is 3. The van der Waals surface area contributed by atoms with Crippen molar-refractivity contribution in [2.45, 2.75) is 6.42 Å². The monoisotopic (exact) mass is 237 g/mol. The molecule has 2 rings (SSSR count). The summed E-state index contributed by atoms with van der Waals surface area (Å²) < 4.78 is 28.1. The van der Waals surface area contributed by atoms with E-state index in [4.69, 9.17) is 5.73 Å². The van der Waals surface area contributed by atoms with Gasteiger partial charge >= 0.3 is 0 Å². The van der Waals surface area contributed by atoms with Crippen LogP contribution < -0.4 is 5.73 Å². The molecule has 17 heavy (non-hydrogen) atoms. The fraction of sp³-hybridized carbons (Fsp3) is 0.250. The number of halogens is 2. The Hall–Kier alpha value is -1.75. The van der Waals surface area contributed by atoms with Crippen molar-refractivity contribution >= 4 is 0 Å². The molecule has 1 aromatic carbocycles. The lowest BCUT2D eigenvalue weighted by molar-refractivity contribution is 0.585. The summed E-state index contributed by atoms with van der Waals surface area (Å²) in [5, 5.41) is 4.22. The first-order valence-electron chi connectivity index (χ1n) is 5.30. The quantitative estimate of drug-likeness (QED) is 0.885. The van der Waals surface area contributed by atoms with Gasteiger partial charge in [-0.25, -0.2) is 8.78 Å². The number of aromatic nitrogens is 2. The maximum atomic E-state index is 13.7. The molecule has 0 spiro atoms. The molecule has 2 aromatic rings. The van der Waals surface area contributed by atoms with Gasteiger partial charge in [0.25, 0.3) is 0 Å². The standard InChI is InChI=1S/C12H13F2N3/c1-17-7-10(12(16-17)4-5-15)9-3-2-8(13)6-11(9)14/h2-3,6-7H,4-5,15H2,1H3. The Morgan fingerprint density at radius 1 is 1.29 bits per heavy atom. The van der Waals surface area contributed by atoms with Crippen LogP contribution >= 0.6 is 0 Å². The van der Waals surface area contributed by atoms with Crippen molar-refractivity contribution in [1.82, 2.24) is 9.78 Å². The first kappa shape index (κ1) is 11.7. The van der Waals surface area contributed by atoms with Gasteiger partial charge in [-0.15, -0.1) is 0 Å². The topological polar surface area (TPSA) is 43.8 Å². The molecule has 0 aliphatic heterocycles. The van der Waals surface area contributed by atoms with Crippen molar-refractivity contribution in [3.63, 3.8) is 0 Å². The van der Waals surface area contributed by atoms with Gasteiger partial charge in [-0.3, -0.25) is 4.68 Å². The van der Waals surface area contributed by atoms with Crippen LogP contribution in [0.4, 0.5) is 8.78 Å². The summed E-state index contributed by atoms with van der Waals surface area (Å²) in [6.45, 7) is 0.437. The molecule has 0 aliphatic carbocycles. The highest BCUT2D eigenvalue weighted by Crippen LogP contribution is 2.26. The van der Waals surface area contributed by atoms with Crippen LogP contribution in [-0.4, -0.2) is 16.3 Å². The number of nitrogens with two attached hydrogens (primary N) is 1. The lowest BCUT2D eigenvalue weighted by atomic mass is 10.0. The van der Waals surface area contributed by atoms with Gasteiger partial charge in [-0.05, 0) is 18.7 Å². The van der Waals surface area contributed by atoms with E-state index in [9.17, 15) is 8.78 Å². The van der Waals surface area contributed by atoms with Gasteiger partial charge in [0.15, 0.2) is 0 Å². The summed E-state index contributed by atoms with van der Waals surface area (Å²) in [7, 11) is 1.75. The second-order valence-corrected chi connectivity index (χ2v) is 3.83. The third-order valence-electron chi connectivity index (χ3n) is 2.51. The van der Waals surface area contributed by atoms with Crippen LogP contribution in [0, 0.1) is 11.6 Å². The molecular weight excluding hydrogens is 224 g/mol. The van der Waals surface area contributed by atoms with E-state index in [0.717, 1.165) is 11.8 Å². The van der Waals surface area contributed by atoms with Crippen molar-refractivity contribution in [2.75, 3.05) is 6.54 Å². The first-order chi connectivity index (χ1) is 8.11. The van der Waals surface area contributed by atoms with Crippen LogP contribution in [0.5, 0.6) is 0 Å². The summed E-state index contributed by atoms with van der Waals surface area (Å²) in [4.78, 5) is 0. The van der Waals surface area contributed by atoms with E-state index in [1.165, 1.54) is 12.1 Å². The third kappa shape index (κ3) is 2.34. The smallest absolute Gasteiger partial charge is 0.134 e. The van der Waals surface area contributed by atoms with Crippen LogP contribution in [0.15, 0.2) is 24.4 Å².